The Hall–Kier alpha value is -2.32. The third-order valence-corrected chi connectivity index (χ3v) is 5.77. The fourth-order valence-electron chi connectivity index (χ4n) is 3.22. The lowest BCUT2D eigenvalue weighted by molar-refractivity contribution is -0.122. The Balaban J connectivity index is 1.51. The lowest BCUT2D eigenvalue weighted by Crippen LogP contribution is -2.38. The molecule has 0 heterocycles. The van der Waals surface area contributed by atoms with Crippen molar-refractivity contribution < 1.29 is 23.0 Å². The van der Waals surface area contributed by atoms with E-state index in [1.807, 2.05) is 18.2 Å². The lowest BCUT2D eigenvalue weighted by atomic mass is 10.2. The first-order chi connectivity index (χ1) is 15.0. The molecule has 0 aromatic heterocycles. The number of rotatable bonds is 13. The van der Waals surface area contributed by atoms with E-state index in [9.17, 15) is 13.6 Å². The molecule has 2 aromatic carbocycles. The summed E-state index contributed by atoms with van der Waals surface area (Å²) in [5.41, 5.74) is 0.893. The number of halogens is 2. The van der Waals surface area contributed by atoms with Gasteiger partial charge in [0.05, 0.1) is 13.2 Å². The van der Waals surface area contributed by atoms with Crippen molar-refractivity contribution in [2.24, 2.45) is 0 Å². The van der Waals surface area contributed by atoms with E-state index < -0.39 is 6.61 Å². The summed E-state index contributed by atoms with van der Waals surface area (Å²) in [5, 5.41) is 2.98. The molecule has 0 spiro atoms. The lowest BCUT2D eigenvalue weighted by Gasteiger charge is -2.22. The molecule has 0 atom stereocenters. The number of thioether (sulfide) groups is 1. The van der Waals surface area contributed by atoms with Crippen LogP contribution in [0.25, 0.3) is 0 Å². The summed E-state index contributed by atoms with van der Waals surface area (Å²) >= 11 is 1.71. The number of hydrogen-bond acceptors (Lipinski definition) is 5. The molecule has 2 aromatic rings. The predicted molar refractivity (Wildman–Crippen MR) is 118 cm³/mol. The van der Waals surface area contributed by atoms with Gasteiger partial charge in [0.2, 0.25) is 5.91 Å². The van der Waals surface area contributed by atoms with Crippen LogP contribution in [0.3, 0.4) is 0 Å². The molecule has 168 valence electrons. The van der Waals surface area contributed by atoms with Gasteiger partial charge in [-0.05, 0) is 49.6 Å². The molecule has 0 aliphatic heterocycles. The van der Waals surface area contributed by atoms with Crippen molar-refractivity contribution in [3.05, 3.63) is 54.1 Å². The second kappa shape index (κ2) is 11.9. The first kappa shape index (κ1) is 23.3. The second-order valence-corrected chi connectivity index (χ2v) is 8.41. The molecule has 3 rings (SSSR count). The average molecular weight is 451 g/mol. The summed E-state index contributed by atoms with van der Waals surface area (Å²) in [7, 11) is 0. The molecule has 1 aliphatic rings. The summed E-state index contributed by atoms with van der Waals surface area (Å²) in [5.74, 6) is 1.11. The van der Waals surface area contributed by atoms with Gasteiger partial charge in [-0.1, -0.05) is 24.3 Å². The Bertz CT molecular complexity index is 835. The summed E-state index contributed by atoms with van der Waals surface area (Å²) in [6.45, 7) is 0.683. The minimum atomic E-state index is -2.91. The minimum Gasteiger partial charge on any atom is -0.490 e. The highest BCUT2D eigenvalue weighted by Gasteiger charge is 2.30. The van der Waals surface area contributed by atoms with Gasteiger partial charge in [0.25, 0.3) is 0 Å². The SMILES string of the molecule is CCOc1cc(CN(CC(=O)NCCSc2ccccc2)C2CC2)ccc1OC(F)F. The van der Waals surface area contributed by atoms with Gasteiger partial charge in [-0.3, -0.25) is 9.69 Å². The highest BCUT2D eigenvalue weighted by molar-refractivity contribution is 7.99. The number of nitrogens with zero attached hydrogens (tertiary/aromatic N) is 1. The molecule has 8 heteroatoms. The summed E-state index contributed by atoms with van der Waals surface area (Å²) < 4.78 is 35.2. The summed E-state index contributed by atoms with van der Waals surface area (Å²) in [4.78, 5) is 15.7. The maximum absolute atomic E-state index is 12.6. The Morgan fingerprint density at radius 2 is 1.97 bits per heavy atom. The number of amides is 1. The highest BCUT2D eigenvalue weighted by atomic mass is 32.2. The quantitative estimate of drug-likeness (QED) is 0.358. The molecule has 1 aliphatic carbocycles. The number of benzene rings is 2. The molecule has 5 nitrogen and oxygen atoms in total. The fraction of sp³-hybridized carbons (Fsp3) is 0.435. The molecule has 0 radical (unpaired) electrons. The van der Waals surface area contributed by atoms with Gasteiger partial charge < -0.3 is 14.8 Å². The molecule has 1 amide bonds. The van der Waals surface area contributed by atoms with Crippen molar-refractivity contribution in [2.75, 3.05) is 25.4 Å². The maximum atomic E-state index is 12.6. The van der Waals surface area contributed by atoms with Crippen LogP contribution in [0.4, 0.5) is 8.78 Å². The van der Waals surface area contributed by atoms with Crippen LogP contribution >= 0.6 is 11.8 Å². The van der Waals surface area contributed by atoms with Gasteiger partial charge in [0.15, 0.2) is 11.5 Å². The van der Waals surface area contributed by atoms with Crippen molar-refractivity contribution in [1.82, 2.24) is 10.2 Å². The van der Waals surface area contributed by atoms with Crippen molar-refractivity contribution in [2.45, 2.75) is 43.9 Å². The molecule has 0 saturated heterocycles. The monoisotopic (exact) mass is 450 g/mol. The van der Waals surface area contributed by atoms with Crippen molar-refractivity contribution >= 4 is 17.7 Å². The minimum absolute atomic E-state index is 0.0109. The zero-order valence-electron chi connectivity index (χ0n) is 17.6. The van der Waals surface area contributed by atoms with E-state index >= 15 is 0 Å². The Morgan fingerprint density at radius 1 is 1.19 bits per heavy atom. The van der Waals surface area contributed by atoms with Crippen molar-refractivity contribution in [3.63, 3.8) is 0 Å². The normalized spacial score (nSPS) is 13.5. The largest absolute Gasteiger partial charge is 0.490 e. The van der Waals surface area contributed by atoms with Gasteiger partial charge in [0.1, 0.15) is 0 Å². The van der Waals surface area contributed by atoms with Crippen LogP contribution in [0, 0.1) is 0 Å². The van der Waals surface area contributed by atoms with E-state index in [1.165, 1.54) is 11.0 Å². The van der Waals surface area contributed by atoms with E-state index in [4.69, 9.17) is 4.74 Å². The van der Waals surface area contributed by atoms with Gasteiger partial charge in [-0.25, -0.2) is 0 Å². The summed E-state index contributed by atoms with van der Waals surface area (Å²) in [6.07, 6.45) is 2.12. The summed E-state index contributed by atoms with van der Waals surface area (Å²) in [6, 6.07) is 15.4. The molecule has 31 heavy (non-hydrogen) atoms. The standard InChI is InChI=1S/C23H28F2N2O3S/c1-2-29-21-14-17(8-11-20(21)30-23(24)25)15-27(18-9-10-18)16-22(28)26-12-13-31-19-6-4-3-5-7-19/h3-8,11,14,18,23H,2,9-10,12-13,15-16H2,1H3,(H,26,28). The zero-order chi connectivity index (χ0) is 22.1. The van der Waals surface area contributed by atoms with Crippen LogP contribution in [0.5, 0.6) is 11.5 Å². The van der Waals surface area contributed by atoms with E-state index in [2.05, 4.69) is 27.1 Å². The van der Waals surface area contributed by atoms with E-state index in [0.717, 1.165) is 24.2 Å². The number of carbonyl (C=O) groups excluding carboxylic acids is 1. The molecule has 0 bridgehead atoms. The first-order valence-electron chi connectivity index (χ1n) is 10.4. The molecule has 0 unspecified atom stereocenters. The van der Waals surface area contributed by atoms with E-state index in [1.54, 1.807) is 30.8 Å². The molecular formula is C23H28F2N2O3S. The fourth-order valence-corrected chi connectivity index (χ4v) is 4.01. The Labute approximate surface area is 186 Å². The van der Waals surface area contributed by atoms with Gasteiger partial charge >= 0.3 is 6.61 Å². The number of alkyl halides is 2. The van der Waals surface area contributed by atoms with E-state index in [0.29, 0.717) is 38.0 Å². The van der Waals surface area contributed by atoms with Crippen LogP contribution in [0.1, 0.15) is 25.3 Å². The zero-order valence-corrected chi connectivity index (χ0v) is 18.4. The molecule has 1 fully saturated rings. The van der Waals surface area contributed by atoms with Crippen LogP contribution in [-0.4, -0.2) is 48.9 Å². The average Bonchev–Trinajstić information content (AvgIpc) is 3.59. The highest BCUT2D eigenvalue weighted by Crippen LogP contribution is 2.32. The van der Waals surface area contributed by atoms with E-state index in [-0.39, 0.29) is 11.7 Å². The van der Waals surface area contributed by atoms with Crippen molar-refractivity contribution in [1.29, 1.82) is 0 Å². The van der Waals surface area contributed by atoms with Gasteiger partial charge in [0, 0.05) is 29.8 Å². The van der Waals surface area contributed by atoms with Crippen LogP contribution in [-0.2, 0) is 11.3 Å². The maximum Gasteiger partial charge on any atom is 0.387 e. The molecule has 1 N–H and O–H groups in total. The van der Waals surface area contributed by atoms with Gasteiger partial charge in [-0.15, -0.1) is 11.8 Å². The van der Waals surface area contributed by atoms with Crippen molar-refractivity contribution in [3.8, 4) is 11.5 Å². The number of nitrogens with one attached hydrogen (secondary N) is 1. The number of hydrogen-bond donors (Lipinski definition) is 1. The first-order valence-corrected chi connectivity index (χ1v) is 11.4. The van der Waals surface area contributed by atoms with Crippen LogP contribution in [0.15, 0.2) is 53.4 Å². The van der Waals surface area contributed by atoms with Crippen LogP contribution < -0.4 is 14.8 Å². The third kappa shape index (κ3) is 8.03. The smallest absolute Gasteiger partial charge is 0.387 e. The predicted octanol–water partition coefficient (Wildman–Crippen LogP) is 4.56. The number of carbonyl (C=O) groups is 1. The van der Waals surface area contributed by atoms with Crippen LogP contribution in [0.2, 0.25) is 0 Å². The molecular weight excluding hydrogens is 422 g/mol. The topological polar surface area (TPSA) is 50.8 Å². The number of ether oxygens (including phenoxy) is 2. The Morgan fingerprint density at radius 3 is 2.65 bits per heavy atom. The second-order valence-electron chi connectivity index (χ2n) is 7.24. The molecule has 1 saturated carbocycles. The van der Waals surface area contributed by atoms with Gasteiger partial charge in [-0.2, -0.15) is 8.78 Å². The Kier molecular flexibility index (Phi) is 8.97. The third-order valence-electron chi connectivity index (χ3n) is 4.76.